The van der Waals surface area contributed by atoms with Crippen LogP contribution < -0.4 is 11.1 Å². The van der Waals surface area contributed by atoms with E-state index in [1.54, 1.807) is 12.4 Å². The molecule has 0 bridgehead atoms. The van der Waals surface area contributed by atoms with Gasteiger partial charge in [-0.15, -0.1) is 0 Å². The summed E-state index contributed by atoms with van der Waals surface area (Å²) in [4.78, 5) is 8.90. The molecule has 7 nitrogen and oxygen atoms in total. The van der Waals surface area contributed by atoms with E-state index in [2.05, 4.69) is 25.5 Å². The molecular formula is C16H18N6O. The molecule has 0 spiro atoms. The zero-order chi connectivity index (χ0) is 15.8. The van der Waals surface area contributed by atoms with Crippen molar-refractivity contribution in [3.8, 4) is 11.4 Å². The summed E-state index contributed by atoms with van der Waals surface area (Å²) in [6.07, 6.45) is 5.80. The van der Waals surface area contributed by atoms with E-state index in [9.17, 15) is 5.11 Å². The van der Waals surface area contributed by atoms with Crippen LogP contribution in [0.1, 0.15) is 19.3 Å². The van der Waals surface area contributed by atoms with Crippen molar-refractivity contribution in [2.24, 2.45) is 0 Å². The number of fused-ring (bicyclic) bond motifs is 1. The van der Waals surface area contributed by atoms with Gasteiger partial charge in [-0.1, -0.05) is 0 Å². The standard InChI is InChI=1S/C16H18N6O/c17-16-7-14(20-9-1-2-10(23)5-9)11-8-18-15(6-13(11)21-16)12-3-4-19-22-12/h3-4,6-10,23H,1-2,5H2,(H,19,22)(H3,17,20,21)/t9-,10-/m0/s1. The summed E-state index contributed by atoms with van der Waals surface area (Å²) < 4.78 is 0. The highest BCUT2D eigenvalue weighted by atomic mass is 16.3. The van der Waals surface area contributed by atoms with E-state index in [1.807, 2.05) is 18.2 Å². The number of H-pyrrole nitrogens is 1. The minimum atomic E-state index is -0.219. The van der Waals surface area contributed by atoms with Crippen LogP contribution in [-0.2, 0) is 0 Å². The average Bonchev–Trinajstić information content (AvgIpc) is 3.18. The van der Waals surface area contributed by atoms with Gasteiger partial charge in [0.1, 0.15) is 5.82 Å². The minimum absolute atomic E-state index is 0.219. The Morgan fingerprint density at radius 3 is 2.96 bits per heavy atom. The number of hydrogen-bond acceptors (Lipinski definition) is 6. The number of aliphatic hydroxyl groups is 1. The number of nitrogen functional groups attached to an aromatic ring is 1. The molecule has 3 aromatic heterocycles. The molecule has 0 unspecified atom stereocenters. The molecule has 0 aliphatic heterocycles. The molecule has 7 heteroatoms. The molecule has 1 saturated carbocycles. The lowest BCUT2D eigenvalue weighted by Gasteiger charge is -2.16. The van der Waals surface area contributed by atoms with Gasteiger partial charge in [0.05, 0.1) is 23.0 Å². The number of nitrogens with zero attached hydrogens (tertiary/aromatic N) is 3. The third kappa shape index (κ3) is 2.70. The van der Waals surface area contributed by atoms with Crippen LogP contribution in [0.25, 0.3) is 22.3 Å². The topological polar surface area (TPSA) is 113 Å². The lowest BCUT2D eigenvalue weighted by Crippen LogP contribution is -2.17. The minimum Gasteiger partial charge on any atom is -0.393 e. The maximum Gasteiger partial charge on any atom is 0.126 e. The summed E-state index contributed by atoms with van der Waals surface area (Å²) in [5, 5.41) is 20.9. The Labute approximate surface area is 133 Å². The number of nitrogens with one attached hydrogen (secondary N) is 2. The zero-order valence-electron chi connectivity index (χ0n) is 12.5. The molecule has 0 radical (unpaired) electrons. The molecule has 3 aromatic rings. The summed E-state index contributed by atoms with van der Waals surface area (Å²) >= 11 is 0. The maximum absolute atomic E-state index is 9.69. The van der Waals surface area contributed by atoms with Gasteiger partial charge in [-0.3, -0.25) is 10.1 Å². The van der Waals surface area contributed by atoms with Crippen LogP contribution >= 0.6 is 0 Å². The summed E-state index contributed by atoms with van der Waals surface area (Å²) in [6.45, 7) is 0. The number of aliphatic hydroxyl groups excluding tert-OH is 1. The van der Waals surface area contributed by atoms with Gasteiger partial charge >= 0.3 is 0 Å². The van der Waals surface area contributed by atoms with Crippen LogP contribution in [0.3, 0.4) is 0 Å². The van der Waals surface area contributed by atoms with Gasteiger partial charge in [0, 0.05) is 35.6 Å². The Hall–Kier alpha value is -2.67. The van der Waals surface area contributed by atoms with E-state index in [-0.39, 0.29) is 12.1 Å². The maximum atomic E-state index is 9.69. The summed E-state index contributed by atoms with van der Waals surface area (Å²) in [7, 11) is 0. The lowest BCUT2D eigenvalue weighted by atomic mass is 10.1. The van der Waals surface area contributed by atoms with Crippen molar-refractivity contribution in [3.63, 3.8) is 0 Å². The van der Waals surface area contributed by atoms with E-state index in [0.29, 0.717) is 5.82 Å². The number of hydrogen-bond donors (Lipinski definition) is 4. The van der Waals surface area contributed by atoms with E-state index < -0.39 is 0 Å². The lowest BCUT2D eigenvalue weighted by molar-refractivity contribution is 0.182. The number of pyridine rings is 2. The number of rotatable bonds is 3. The summed E-state index contributed by atoms with van der Waals surface area (Å²) in [5.74, 6) is 0.459. The fourth-order valence-electron chi connectivity index (χ4n) is 3.12. The van der Waals surface area contributed by atoms with E-state index in [1.165, 1.54) is 0 Å². The third-order valence-electron chi connectivity index (χ3n) is 4.26. The molecule has 23 heavy (non-hydrogen) atoms. The Bertz CT molecular complexity index is 832. The van der Waals surface area contributed by atoms with E-state index in [0.717, 1.165) is 47.2 Å². The number of aromatic nitrogens is 4. The molecule has 2 atom stereocenters. The van der Waals surface area contributed by atoms with E-state index in [4.69, 9.17) is 5.73 Å². The van der Waals surface area contributed by atoms with Crippen LogP contribution in [0, 0.1) is 0 Å². The highest BCUT2D eigenvalue weighted by molar-refractivity contribution is 5.93. The van der Waals surface area contributed by atoms with Crippen LogP contribution in [0.2, 0.25) is 0 Å². The summed E-state index contributed by atoms with van der Waals surface area (Å²) in [5.41, 5.74) is 9.26. The Morgan fingerprint density at radius 1 is 1.30 bits per heavy atom. The normalized spacial score (nSPS) is 20.9. The van der Waals surface area contributed by atoms with Crippen LogP contribution in [0.4, 0.5) is 11.5 Å². The molecule has 5 N–H and O–H groups in total. The predicted molar refractivity (Wildman–Crippen MR) is 88.8 cm³/mol. The first-order valence-corrected chi connectivity index (χ1v) is 7.69. The quantitative estimate of drug-likeness (QED) is 0.588. The molecule has 4 rings (SSSR count). The second-order valence-corrected chi connectivity index (χ2v) is 5.96. The SMILES string of the molecule is Nc1cc(N[C@H]2CC[C@H](O)C2)c2cnc(-c3ccn[nH]3)cc2n1. The molecule has 0 amide bonds. The van der Waals surface area contributed by atoms with Crippen molar-refractivity contribution in [2.75, 3.05) is 11.1 Å². The van der Waals surface area contributed by atoms with Crippen LogP contribution in [0.5, 0.6) is 0 Å². The molecule has 0 aromatic carbocycles. The first-order valence-electron chi connectivity index (χ1n) is 7.69. The van der Waals surface area contributed by atoms with E-state index >= 15 is 0 Å². The molecule has 0 saturated heterocycles. The Kier molecular flexibility index (Phi) is 3.34. The van der Waals surface area contributed by atoms with Gasteiger partial charge in [-0.05, 0) is 31.4 Å². The Balaban J connectivity index is 1.73. The van der Waals surface area contributed by atoms with Crippen molar-refractivity contribution in [1.82, 2.24) is 20.2 Å². The molecule has 1 aliphatic rings. The fraction of sp³-hybridized carbons (Fsp3) is 0.312. The van der Waals surface area contributed by atoms with Crippen LogP contribution in [-0.4, -0.2) is 37.4 Å². The largest absolute Gasteiger partial charge is 0.393 e. The number of nitrogens with two attached hydrogens (primary N) is 1. The van der Waals surface area contributed by atoms with Crippen molar-refractivity contribution in [3.05, 3.63) is 30.6 Å². The first-order chi connectivity index (χ1) is 11.2. The van der Waals surface area contributed by atoms with Gasteiger partial charge in [0.15, 0.2) is 0 Å². The molecule has 3 heterocycles. The molecule has 1 aliphatic carbocycles. The second-order valence-electron chi connectivity index (χ2n) is 5.96. The zero-order valence-corrected chi connectivity index (χ0v) is 12.5. The van der Waals surface area contributed by atoms with Gasteiger partial charge < -0.3 is 16.2 Å². The number of aromatic amines is 1. The van der Waals surface area contributed by atoms with Crippen molar-refractivity contribution < 1.29 is 5.11 Å². The van der Waals surface area contributed by atoms with Crippen molar-refractivity contribution in [2.45, 2.75) is 31.4 Å². The van der Waals surface area contributed by atoms with Gasteiger partial charge in [-0.25, -0.2) is 4.98 Å². The third-order valence-corrected chi connectivity index (χ3v) is 4.26. The van der Waals surface area contributed by atoms with Crippen LogP contribution in [0.15, 0.2) is 30.6 Å². The summed E-state index contributed by atoms with van der Waals surface area (Å²) in [6, 6.07) is 5.83. The first kappa shape index (κ1) is 14.0. The van der Waals surface area contributed by atoms with Crippen molar-refractivity contribution in [1.29, 1.82) is 0 Å². The highest BCUT2D eigenvalue weighted by Crippen LogP contribution is 2.30. The predicted octanol–water partition coefficient (Wildman–Crippen LogP) is 1.93. The van der Waals surface area contributed by atoms with Gasteiger partial charge in [0.25, 0.3) is 0 Å². The monoisotopic (exact) mass is 310 g/mol. The average molecular weight is 310 g/mol. The highest BCUT2D eigenvalue weighted by Gasteiger charge is 2.23. The van der Waals surface area contributed by atoms with Crippen molar-refractivity contribution >= 4 is 22.4 Å². The second kappa shape index (κ2) is 5.51. The molecule has 118 valence electrons. The fourth-order valence-corrected chi connectivity index (χ4v) is 3.12. The number of anilines is 2. The smallest absolute Gasteiger partial charge is 0.126 e. The van der Waals surface area contributed by atoms with Gasteiger partial charge in [0.2, 0.25) is 0 Å². The Morgan fingerprint density at radius 2 is 2.22 bits per heavy atom. The molecular weight excluding hydrogens is 292 g/mol. The molecule has 1 fully saturated rings. The van der Waals surface area contributed by atoms with Gasteiger partial charge in [-0.2, -0.15) is 5.10 Å².